The van der Waals surface area contributed by atoms with E-state index in [1.165, 1.54) is 0 Å². The maximum absolute atomic E-state index is 12.6. The van der Waals surface area contributed by atoms with Gasteiger partial charge in [-0.2, -0.15) is 4.98 Å². The molecule has 1 fully saturated rings. The van der Waals surface area contributed by atoms with E-state index in [0.29, 0.717) is 48.7 Å². The van der Waals surface area contributed by atoms with Gasteiger partial charge >= 0.3 is 0 Å². The fourth-order valence-electron chi connectivity index (χ4n) is 3.46. The largest absolute Gasteiger partial charge is 0.494 e. The first-order chi connectivity index (χ1) is 15.6. The Morgan fingerprint density at radius 2 is 1.97 bits per heavy atom. The number of hydrogen-bond donors (Lipinski definition) is 1. The van der Waals surface area contributed by atoms with Crippen molar-refractivity contribution in [1.29, 1.82) is 0 Å². The van der Waals surface area contributed by atoms with E-state index in [-0.39, 0.29) is 12.3 Å². The molecule has 0 spiro atoms. The third kappa shape index (κ3) is 5.57. The minimum absolute atomic E-state index is 0.150. The van der Waals surface area contributed by atoms with Gasteiger partial charge in [-0.15, -0.1) is 0 Å². The highest BCUT2D eigenvalue weighted by Gasteiger charge is 2.17. The van der Waals surface area contributed by atoms with Crippen LogP contribution in [0, 0.1) is 0 Å². The second-order valence-corrected chi connectivity index (χ2v) is 7.71. The van der Waals surface area contributed by atoms with Gasteiger partial charge in [0.2, 0.25) is 17.6 Å². The van der Waals surface area contributed by atoms with Crippen molar-refractivity contribution >= 4 is 28.9 Å². The number of aromatic nitrogens is 2. The van der Waals surface area contributed by atoms with Gasteiger partial charge in [0.15, 0.2) is 0 Å². The van der Waals surface area contributed by atoms with Crippen LogP contribution in [0.3, 0.4) is 0 Å². The summed E-state index contributed by atoms with van der Waals surface area (Å²) in [6.07, 6.45) is 0.545. The number of nitrogens with zero attached hydrogens (tertiary/aromatic N) is 3. The zero-order valence-electron chi connectivity index (χ0n) is 17.8. The van der Waals surface area contributed by atoms with Crippen LogP contribution in [0.5, 0.6) is 5.75 Å². The van der Waals surface area contributed by atoms with Gasteiger partial charge in [0, 0.05) is 36.5 Å². The summed E-state index contributed by atoms with van der Waals surface area (Å²) in [7, 11) is 0. The Hall–Kier alpha value is -3.10. The Bertz CT molecular complexity index is 1050. The molecule has 2 heterocycles. The van der Waals surface area contributed by atoms with Crippen LogP contribution < -0.4 is 15.0 Å². The van der Waals surface area contributed by atoms with Gasteiger partial charge < -0.3 is 24.2 Å². The number of morpholine rings is 1. The van der Waals surface area contributed by atoms with Crippen molar-refractivity contribution in [1.82, 2.24) is 10.1 Å². The highest BCUT2D eigenvalue weighted by atomic mass is 35.5. The van der Waals surface area contributed by atoms with Crippen molar-refractivity contribution in [3.05, 3.63) is 53.4 Å². The molecule has 1 aliphatic heterocycles. The van der Waals surface area contributed by atoms with E-state index >= 15 is 0 Å². The van der Waals surface area contributed by atoms with Crippen LogP contribution >= 0.6 is 11.6 Å². The summed E-state index contributed by atoms with van der Waals surface area (Å²) >= 11 is 6.16. The lowest BCUT2D eigenvalue weighted by molar-refractivity contribution is -0.116. The fraction of sp³-hybridized carbons (Fsp3) is 0.348. The predicted octanol–water partition coefficient (Wildman–Crippen LogP) is 4.20. The number of carbonyl (C=O) groups excluding carboxylic acids is 1. The molecule has 9 heteroatoms. The number of benzene rings is 2. The van der Waals surface area contributed by atoms with Crippen molar-refractivity contribution in [2.24, 2.45) is 0 Å². The molecule has 32 heavy (non-hydrogen) atoms. The summed E-state index contributed by atoms with van der Waals surface area (Å²) in [4.78, 5) is 19.2. The number of amides is 1. The molecule has 168 valence electrons. The lowest BCUT2D eigenvalue weighted by Crippen LogP contribution is -2.36. The van der Waals surface area contributed by atoms with Crippen molar-refractivity contribution in [3.63, 3.8) is 0 Å². The summed E-state index contributed by atoms with van der Waals surface area (Å²) in [5.41, 5.74) is 2.44. The normalized spacial score (nSPS) is 13.8. The SMILES string of the molecule is CCOc1ccc(-c2noc(CCC(=O)Nc3cc(Cl)ccc3N3CCOCC3)n2)cc1. The third-order valence-corrected chi connectivity index (χ3v) is 5.28. The van der Waals surface area contributed by atoms with Crippen LogP contribution in [0.2, 0.25) is 5.02 Å². The third-order valence-electron chi connectivity index (χ3n) is 5.04. The van der Waals surface area contributed by atoms with E-state index in [4.69, 9.17) is 25.6 Å². The molecule has 0 saturated carbocycles. The quantitative estimate of drug-likeness (QED) is 0.543. The van der Waals surface area contributed by atoms with Gasteiger partial charge in [-0.25, -0.2) is 0 Å². The Morgan fingerprint density at radius 1 is 1.19 bits per heavy atom. The molecule has 0 aliphatic carbocycles. The maximum atomic E-state index is 12.6. The van der Waals surface area contributed by atoms with Crippen LogP contribution in [0.15, 0.2) is 47.0 Å². The second kappa shape index (κ2) is 10.5. The number of rotatable bonds is 8. The standard InChI is InChI=1S/C23H25ClN4O4/c1-2-31-18-6-3-16(4-7-18)23-26-22(32-27-23)10-9-21(29)25-19-15-17(24)5-8-20(19)28-11-13-30-14-12-28/h3-8,15H,2,9-14H2,1H3,(H,25,29). The number of anilines is 2. The fourth-order valence-corrected chi connectivity index (χ4v) is 3.63. The van der Waals surface area contributed by atoms with Gasteiger partial charge in [-0.1, -0.05) is 16.8 Å². The van der Waals surface area contributed by atoms with Crippen LogP contribution in [-0.2, 0) is 16.0 Å². The molecule has 3 aromatic rings. The van der Waals surface area contributed by atoms with E-state index in [2.05, 4.69) is 20.4 Å². The van der Waals surface area contributed by atoms with Gasteiger partial charge in [-0.3, -0.25) is 4.79 Å². The number of aryl methyl sites for hydroxylation is 1. The highest BCUT2D eigenvalue weighted by molar-refractivity contribution is 6.31. The average molecular weight is 457 g/mol. The van der Waals surface area contributed by atoms with Crippen LogP contribution in [-0.4, -0.2) is 49.0 Å². The summed E-state index contributed by atoms with van der Waals surface area (Å²) in [6, 6.07) is 13.0. The molecular formula is C23H25ClN4O4. The first-order valence-electron chi connectivity index (χ1n) is 10.6. The average Bonchev–Trinajstić information content (AvgIpc) is 3.28. The van der Waals surface area contributed by atoms with Crippen molar-refractivity contribution in [3.8, 4) is 17.1 Å². The molecule has 0 radical (unpaired) electrons. The lowest BCUT2D eigenvalue weighted by atomic mass is 10.2. The van der Waals surface area contributed by atoms with E-state index in [1.807, 2.05) is 43.3 Å². The maximum Gasteiger partial charge on any atom is 0.227 e. The van der Waals surface area contributed by atoms with E-state index in [0.717, 1.165) is 30.1 Å². The number of halogens is 1. The number of ether oxygens (including phenoxy) is 2. The van der Waals surface area contributed by atoms with Gasteiger partial charge in [0.1, 0.15) is 5.75 Å². The van der Waals surface area contributed by atoms with Crippen LogP contribution in [0.25, 0.3) is 11.4 Å². The topological polar surface area (TPSA) is 89.7 Å². The molecule has 0 atom stereocenters. The minimum atomic E-state index is -0.150. The van der Waals surface area contributed by atoms with E-state index in [1.54, 1.807) is 6.07 Å². The number of nitrogens with one attached hydrogen (secondary N) is 1. The molecule has 1 N–H and O–H groups in total. The van der Waals surface area contributed by atoms with Crippen molar-refractivity contribution in [2.45, 2.75) is 19.8 Å². The summed E-state index contributed by atoms with van der Waals surface area (Å²) in [5.74, 6) is 1.52. The first kappa shape index (κ1) is 22.1. The Morgan fingerprint density at radius 3 is 2.72 bits per heavy atom. The molecule has 1 aromatic heterocycles. The Balaban J connectivity index is 1.36. The Labute approximate surface area is 191 Å². The van der Waals surface area contributed by atoms with Crippen molar-refractivity contribution in [2.75, 3.05) is 43.1 Å². The van der Waals surface area contributed by atoms with Crippen LogP contribution in [0.4, 0.5) is 11.4 Å². The smallest absolute Gasteiger partial charge is 0.227 e. The summed E-state index contributed by atoms with van der Waals surface area (Å²) in [6.45, 7) is 5.39. The zero-order valence-corrected chi connectivity index (χ0v) is 18.6. The van der Waals surface area contributed by atoms with Gasteiger partial charge in [-0.05, 0) is 49.4 Å². The minimum Gasteiger partial charge on any atom is -0.494 e. The van der Waals surface area contributed by atoms with Gasteiger partial charge in [0.05, 0.1) is 31.2 Å². The molecule has 1 aliphatic rings. The lowest BCUT2D eigenvalue weighted by Gasteiger charge is -2.30. The molecule has 1 saturated heterocycles. The van der Waals surface area contributed by atoms with E-state index < -0.39 is 0 Å². The summed E-state index contributed by atoms with van der Waals surface area (Å²) < 4.78 is 16.2. The summed E-state index contributed by atoms with van der Waals surface area (Å²) in [5, 5.41) is 7.55. The number of hydrogen-bond acceptors (Lipinski definition) is 7. The zero-order chi connectivity index (χ0) is 22.3. The van der Waals surface area contributed by atoms with Crippen LogP contribution in [0.1, 0.15) is 19.2 Å². The first-order valence-corrected chi connectivity index (χ1v) is 11.0. The van der Waals surface area contributed by atoms with Gasteiger partial charge in [0.25, 0.3) is 0 Å². The Kier molecular flexibility index (Phi) is 7.24. The molecule has 1 amide bonds. The number of carbonyl (C=O) groups is 1. The van der Waals surface area contributed by atoms with Crippen molar-refractivity contribution < 1.29 is 18.8 Å². The molecule has 4 rings (SSSR count). The predicted molar refractivity (Wildman–Crippen MR) is 122 cm³/mol. The molecular weight excluding hydrogens is 432 g/mol. The van der Waals surface area contributed by atoms with E-state index in [9.17, 15) is 4.79 Å². The molecule has 0 bridgehead atoms. The molecule has 8 nitrogen and oxygen atoms in total. The highest BCUT2D eigenvalue weighted by Crippen LogP contribution is 2.30. The molecule has 2 aromatic carbocycles. The monoisotopic (exact) mass is 456 g/mol. The second-order valence-electron chi connectivity index (χ2n) is 7.28. The molecule has 0 unspecified atom stereocenters.